The zero-order chi connectivity index (χ0) is 19.9. The lowest BCUT2D eigenvalue weighted by Crippen LogP contribution is -2.49. The number of piperazine rings is 1. The predicted octanol–water partition coefficient (Wildman–Crippen LogP) is 2.93. The number of methoxy groups -OCH3 is 1. The number of aryl methyl sites for hydroxylation is 1. The van der Waals surface area contributed by atoms with Gasteiger partial charge in [0.15, 0.2) is 0 Å². The summed E-state index contributed by atoms with van der Waals surface area (Å²) in [7, 11) is 1.62. The summed E-state index contributed by atoms with van der Waals surface area (Å²) in [5.41, 5.74) is 2.89. The van der Waals surface area contributed by atoms with Gasteiger partial charge in [0.05, 0.1) is 20.1 Å². The molecular weight excluding hydrogens is 356 g/mol. The molecule has 6 nitrogen and oxygen atoms in total. The Labute approximate surface area is 165 Å². The molecule has 1 amide bonds. The molecule has 3 rings (SSSR count). The number of aldehydes is 1. The Morgan fingerprint density at radius 1 is 1.04 bits per heavy atom. The van der Waals surface area contributed by atoms with Gasteiger partial charge >= 0.3 is 0 Å². The Kier molecular flexibility index (Phi) is 6.53. The minimum atomic E-state index is 0.112. The van der Waals surface area contributed by atoms with E-state index in [0.717, 1.165) is 42.1 Å². The molecule has 0 spiro atoms. The van der Waals surface area contributed by atoms with Crippen molar-refractivity contribution in [3.63, 3.8) is 0 Å². The van der Waals surface area contributed by atoms with Crippen molar-refractivity contribution in [3.8, 4) is 11.5 Å². The van der Waals surface area contributed by atoms with E-state index in [-0.39, 0.29) is 5.91 Å². The van der Waals surface area contributed by atoms with Gasteiger partial charge in [0.2, 0.25) is 5.91 Å². The number of hydrogen-bond acceptors (Lipinski definition) is 5. The predicted molar refractivity (Wildman–Crippen MR) is 108 cm³/mol. The minimum absolute atomic E-state index is 0.112. The fourth-order valence-electron chi connectivity index (χ4n) is 3.39. The maximum Gasteiger partial charge on any atom is 0.226 e. The lowest BCUT2D eigenvalue weighted by molar-refractivity contribution is -0.132. The van der Waals surface area contributed by atoms with Crippen LogP contribution in [0.2, 0.25) is 0 Å². The Balaban J connectivity index is 1.45. The Morgan fingerprint density at radius 2 is 1.71 bits per heavy atom. The van der Waals surface area contributed by atoms with E-state index in [2.05, 4.69) is 4.90 Å². The summed E-state index contributed by atoms with van der Waals surface area (Å²) in [6.45, 7) is 5.32. The lowest BCUT2D eigenvalue weighted by Gasteiger charge is -2.37. The highest BCUT2D eigenvalue weighted by Gasteiger charge is 2.22. The topological polar surface area (TPSA) is 59.1 Å². The Morgan fingerprint density at radius 3 is 2.32 bits per heavy atom. The van der Waals surface area contributed by atoms with E-state index in [9.17, 15) is 9.59 Å². The van der Waals surface area contributed by atoms with Crippen molar-refractivity contribution in [2.24, 2.45) is 0 Å². The smallest absolute Gasteiger partial charge is 0.226 e. The van der Waals surface area contributed by atoms with Crippen LogP contribution in [0.15, 0.2) is 42.5 Å². The van der Waals surface area contributed by atoms with Crippen LogP contribution in [0.1, 0.15) is 22.3 Å². The van der Waals surface area contributed by atoms with Crippen LogP contribution >= 0.6 is 0 Å². The highest BCUT2D eigenvalue weighted by atomic mass is 16.5. The van der Waals surface area contributed by atoms with Crippen molar-refractivity contribution >= 4 is 17.9 Å². The first-order valence-electron chi connectivity index (χ1n) is 9.46. The third-order valence-electron chi connectivity index (χ3n) is 4.97. The second kappa shape index (κ2) is 9.26. The highest BCUT2D eigenvalue weighted by molar-refractivity contribution is 5.78. The number of nitrogens with zero attached hydrogens (tertiary/aromatic N) is 2. The van der Waals surface area contributed by atoms with Crippen LogP contribution in [0.5, 0.6) is 11.5 Å². The molecule has 28 heavy (non-hydrogen) atoms. The van der Waals surface area contributed by atoms with E-state index in [1.54, 1.807) is 7.11 Å². The molecule has 1 aliphatic heterocycles. The average Bonchev–Trinajstić information content (AvgIpc) is 2.74. The molecule has 0 atom stereocenters. The number of ether oxygens (including phenoxy) is 2. The molecule has 1 fully saturated rings. The van der Waals surface area contributed by atoms with E-state index >= 15 is 0 Å². The van der Waals surface area contributed by atoms with Crippen molar-refractivity contribution in [2.45, 2.75) is 13.3 Å². The molecule has 0 aromatic heterocycles. The Hall–Kier alpha value is -3.02. The summed E-state index contributed by atoms with van der Waals surface area (Å²) in [5, 5.41) is 0. The van der Waals surface area contributed by atoms with E-state index < -0.39 is 0 Å². The number of hydrogen-bond donors (Lipinski definition) is 0. The third kappa shape index (κ3) is 4.82. The standard InChI is InChI=1S/C22H26N2O4/c1-17-15-18(16-25)3-8-21(17)23-10-12-24(13-11-23)22(26)9-14-28-20-6-4-19(27-2)5-7-20/h3-8,15-16H,9-14H2,1-2H3. The molecule has 148 valence electrons. The summed E-state index contributed by atoms with van der Waals surface area (Å²) in [4.78, 5) is 27.5. The molecule has 1 heterocycles. The van der Waals surface area contributed by atoms with Gasteiger partial charge in [-0.05, 0) is 55.0 Å². The maximum atomic E-state index is 12.5. The number of rotatable bonds is 7. The molecule has 1 aliphatic rings. The molecule has 0 aliphatic carbocycles. The number of carbonyl (C=O) groups is 2. The molecular formula is C22H26N2O4. The van der Waals surface area contributed by atoms with Gasteiger partial charge in [-0.1, -0.05) is 0 Å². The monoisotopic (exact) mass is 382 g/mol. The van der Waals surface area contributed by atoms with E-state index in [4.69, 9.17) is 9.47 Å². The van der Waals surface area contributed by atoms with Crippen LogP contribution in [-0.4, -0.2) is 57.0 Å². The summed E-state index contributed by atoms with van der Waals surface area (Å²) < 4.78 is 10.8. The quantitative estimate of drug-likeness (QED) is 0.689. The largest absolute Gasteiger partial charge is 0.497 e. The lowest BCUT2D eigenvalue weighted by atomic mass is 10.1. The van der Waals surface area contributed by atoms with E-state index in [1.807, 2.05) is 54.3 Å². The highest BCUT2D eigenvalue weighted by Crippen LogP contribution is 2.22. The first kappa shape index (κ1) is 19.7. The van der Waals surface area contributed by atoms with Crippen molar-refractivity contribution < 1.29 is 19.1 Å². The van der Waals surface area contributed by atoms with Gasteiger partial charge in [0.1, 0.15) is 17.8 Å². The maximum absolute atomic E-state index is 12.5. The van der Waals surface area contributed by atoms with E-state index in [0.29, 0.717) is 31.7 Å². The SMILES string of the molecule is COc1ccc(OCCC(=O)N2CCN(c3ccc(C=O)cc3C)CC2)cc1. The van der Waals surface area contributed by atoms with Crippen LogP contribution in [0.4, 0.5) is 5.69 Å². The molecule has 0 radical (unpaired) electrons. The van der Waals surface area contributed by atoms with Gasteiger partial charge in [0, 0.05) is 37.4 Å². The van der Waals surface area contributed by atoms with Gasteiger partial charge in [-0.3, -0.25) is 9.59 Å². The number of amides is 1. The zero-order valence-electron chi connectivity index (χ0n) is 16.4. The summed E-state index contributed by atoms with van der Waals surface area (Å²) >= 11 is 0. The molecule has 0 saturated carbocycles. The van der Waals surface area contributed by atoms with Gasteiger partial charge in [-0.2, -0.15) is 0 Å². The second-order valence-corrected chi connectivity index (χ2v) is 6.81. The fraction of sp³-hybridized carbons (Fsp3) is 0.364. The molecule has 0 unspecified atom stereocenters. The summed E-state index contributed by atoms with van der Waals surface area (Å²) in [6.07, 6.45) is 1.22. The molecule has 6 heteroatoms. The number of carbonyl (C=O) groups excluding carboxylic acids is 2. The number of anilines is 1. The van der Waals surface area contributed by atoms with Gasteiger partial charge in [-0.15, -0.1) is 0 Å². The first-order chi connectivity index (χ1) is 13.6. The summed E-state index contributed by atoms with van der Waals surface area (Å²) in [5.74, 6) is 1.62. The van der Waals surface area contributed by atoms with Crippen LogP contribution in [0, 0.1) is 6.92 Å². The fourth-order valence-corrected chi connectivity index (χ4v) is 3.39. The minimum Gasteiger partial charge on any atom is -0.497 e. The van der Waals surface area contributed by atoms with Crippen molar-refractivity contribution in [2.75, 3.05) is 44.8 Å². The molecule has 0 bridgehead atoms. The van der Waals surface area contributed by atoms with Gasteiger partial charge in [0.25, 0.3) is 0 Å². The van der Waals surface area contributed by atoms with Gasteiger partial charge in [-0.25, -0.2) is 0 Å². The third-order valence-corrected chi connectivity index (χ3v) is 4.97. The number of benzene rings is 2. The summed E-state index contributed by atoms with van der Waals surface area (Å²) in [6, 6.07) is 13.1. The first-order valence-corrected chi connectivity index (χ1v) is 9.46. The van der Waals surface area contributed by atoms with E-state index in [1.165, 1.54) is 0 Å². The zero-order valence-corrected chi connectivity index (χ0v) is 16.4. The molecule has 2 aromatic rings. The molecule has 2 aromatic carbocycles. The van der Waals surface area contributed by atoms with Crippen LogP contribution in [0.25, 0.3) is 0 Å². The Bertz CT molecular complexity index is 812. The average molecular weight is 382 g/mol. The van der Waals surface area contributed by atoms with Gasteiger partial charge < -0.3 is 19.3 Å². The van der Waals surface area contributed by atoms with Crippen molar-refractivity contribution in [3.05, 3.63) is 53.6 Å². The molecule has 1 saturated heterocycles. The normalized spacial score (nSPS) is 13.9. The molecule has 0 N–H and O–H groups in total. The van der Waals surface area contributed by atoms with Crippen LogP contribution < -0.4 is 14.4 Å². The van der Waals surface area contributed by atoms with Crippen molar-refractivity contribution in [1.29, 1.82) is 0 Å². The van der Waals surface area contributed by atoms with Crippen LogP contribution in [0.3, 0.4) is 0 Å². The van der Waals surface area contributed by atoms with Crippen LogP contribution in [-0.2, 0) is 4.79 Å². The van der Waals surface area contributed by atoms with Crippen molar-refractivity contribution in [1.82, 2.24) is 4.90 Å². The second-order valence-electron chi connectivity index (χ2n) is 6.81.